The van der Waals surface area contributed by atoms with Gasteiger partial charge in [0.1, 0.15) is 6.10 Å². The van der Waals surface area contributed by atoms with E-state index in [9.17, 15) is 14.4 Å². The van der Waals surface area contributed by atoms with Gasteiger partial charge in [-0.2, -0.15) is 0 Å². The maximum Gasteiger partial charge on any atom is 0.344 e. The van der Waals surface area contributed by atoms with E-state index in [1.807, 2.05) is 12.1 Å². The van der Waals surface area contributed by atoms with E-state index in [0.717, 1.165) is 44.9 Å². The third-order valence-corrected chi connectivity index (χ3v) is 9.49. The highest BCUT2D eigenvalue weighted by atomic mass is 16.6. The van der Waals surface area contributed by atoms with Gasteiger partial charge in [0.15, 0.2) is 12.4 Å². The Kier molecular flexibility index (Phi) is 6.39. The Morgan fingerprint density at radius 1 is 1.06 bits per heavy atom. The van der Waals surface area contributed by atoms with Gasteiger partial charge >= 0.3 is 11.9 Å². The molecule has 4 aliphatic carbocycles. The number of benzene rings is 1. The number of hydrogen-bond acceptors (Lipinski definition) is 5. The van der Waals surface area contributed by atoms with Crippen molar-refractivity contribution in [2.45, 2.75) is 71.3 Å². The van der Waals surface area contributed by atoms with Crippen LogP contribution in [0.3, 0.4) is 0 Å². The van der Waals surface area contributed by atoms with Crippen LogP contribution in [0.5, 0.6) is 0 Å². The number of carbonyl (C=O) groups excluding carboxylic acids is 3. The average molecular weight is 465 g/mol. The van der Waals surface area contributed by atoms with E-state index >= 15 is 0 Å². The highest BCUT2D eigenvalue weighted by Crippen LogP contribution is 2.64. The lowest BCUT2D eigenvalue weighted by Gasteiger charge is -2.53. The second-order valence-electron chi connectivity index (χ2n) is 11.1. The molecule has 34 heavy (non-hydrogen) atoms. The minimum absolute atomic E-state index is 0.0351. The number of ether oxygens (including phenoxy) is 2. The van der Waals surface area contributed by atoms with Gasteiger partial charge in [0.2, 0.25) is 0 Å². The van der Waals surface area contributed by atoms with Crippen molar-refractivity contribution in [2.75, 3.05) is 6.61 Å². The van der Waals surface area contributed by atoms with E-state index in [2.05, 4.69) is 13.8 Å². The number of hydrogen-bond donors (Lipinski definition) is 0. The largest absolute Gasteiger partial charge is 0.459 e. The molecule has 0 amide bonds. The summed E-state index contributed by atoms with van der Waals surface area (Å²) in [6.45, 7) is 4.17. The van der Waals surface area contributed by atoms with E-state index in [1.54, 1.807) is 24.3 Å². The summed E-state index contributed by atoms with van der Waals surface area (Å²) in [5.74, 6) is 2.10. The van der Waals surface area contributed by atoms with Crippen molar-refractivity contribution in [1.29, 1.82) is 0 Å². The monoisotopic (exact) mass is 464 g/mol. The summed E-state index contributed by atoms with van der Waals surface area (Å²) in [4.78, 5) is 37.0. The zero-order valence-electron chi connectivity index (χ0n) is 20.3. The molecule has 0 aromatic heterocycles. The van der Waals surface area contributed by atoms with Crippen LogP contribution in [0.1, 0.15) is 75.6 Å². The number of rotatable bonds is 5. The summed E-state index contributed by atoms with van der Waals surface area (Å²) in [5, 5.41) is 0. The Hall–Kier alpha value is -2.43. The van der Waals surface area contributed by atoms with Gasteiger partial charge < -0.3 is 9.47 Å². The predicted octanol–water partition coefficient (Wildman–Crippen LogP) is 5.53. The molecule has 0 N–H and O–H groups in total. The normalized spacial score (nSPS) is 36.5. The molecule has 5 nitrogen and oxygen atoms in total. The highest BCUT2D eigenvalue weighted by Gasteiger charge is 2.60. The third-order valence-electron chi connectivity index (χ3n) is 9.49. The first-order valence-electron chi connectivity index (χ1n) is 13.1. The molecule has 3 saturated carbocycles. The van der Waals surface area contributed by atoms with E-state index in [-0.39, 0.29) is 18.1 Å². The van der Waals surface area contributed by atoms with Crippen molar-refractivity contribution in [3.63, 3.8) is 0 Å². The minimum Gasteiger partial charge on any atom is -0.459 e. The lowest BCUT2D eigenvalue weighted by molar-refractivity contribution is -0.165. The summed E-state index contributed by atoms with van der Waals surface area (Å²) in [6.07, 6.45) is 9.98. The van der Waals surface area contributed by atoms with Gasteiger partial charge in [-0.25, -0.2) is 9.59 Å². The Balaban J connectivity index is 1.26. The summed E-state index contributed by atoms with van der Waals surface area (Å²) in [5.41, 5.74) is 1.80. The Labute approximate surface area is 202 Å². The van der Waals surface area contributed by atoms with Crippen molar-refractivity contribution >= 4 is 17.7 Å². The van der Waals surface area contributed by atoms with Crippen molar-refractivity contribution in [1.82, 2.24) is 0 Å². The standard InChI is InChI=1S/C29H36O5/c1-3-18-16-25-24-11-9-20-15-21(30)10-12-22(20)23(24)13-14-29(25,2)27(18)34-26(31)17-33-28(32)19-7-5-4-6-8-19/h4-8,15,18,22-25,27H,3,9-14,16-17H2,1-2H3/t18-,22-,23+,24+,25-,27-,29-/m0/s1. The molecule has 4 aliphatic rings. The van der Waals surface area contributed by atoms with E-state index in [1.165, 1.54) is 5.57 Å². The zero-order chi connectivity index (χ0) is 23.9. The lowest BCUT2D eigenvalue weighted by Crippen LogP contribution is -2.49. The van der Waals surface area contributed by atoms with Crippen molar-refractivity contribution < 1.29 is 23.9 Å². The second kappa shape index (κ2) is 9.31. The second-order valence-corrected chi connectivity index (χ2v) is 11.1. The molecule has 3 fully saturated rings. The van der Waals surface area contributed by atoms with Crippen LogP contribution in [0.15, 0.2) is 42.0 Å². The number of esters is 2. The highest BCUT2D eigenvalue weighted by molar-refractivity contribution is 5.91. The summed E-state index contributed by atoms with van der Waals surface area (Å²) in [6, 6.07) is 8.72. The third kappa shape index (κ3) is 4.12. The molecule has 0 unspecified atom stereocenters. The van der Waals surface area contributed by atoms with Crippen molar-refractivity contribution in [2.24, 2.45) is 35.0 Å². The molecule has 5 rings (SSSR count). The topological polar surface area (TPSA) is 69.7 Å². The van der Waals surface area contributed by atoms with Crippen LogP contribution in [-0.2, 0) is 19.1 Å². The predicted molar refractivity (Wildman–Crippen MR) is 128 cm³/mol. The lowest BCUT2D eigenvalue weighted by atomic mass is 9.52. The van der Waals surface area contributed by atoms with Gasteiger partial charge in [-0.15, -0.1) is 0 Å². The maximum atomic E-state index is 12.8. The fourth-order valence-corrected chi connectivity index (χ4v) is 7.88. The molecule has 182 valence electrons. The SMILES string of the molecule is CC[C@H]1C[C@H]2[C@@H]3CCC4=CC(=O)CC[C@@H]4[C@H]3CC[C@]2(C)[C@H]1OC(=O)COC(=O)c1ccccc1. The van der Waals surface area contributed by atoms with Crippen molar-refractivity contribution in [3.8, 4) is 0 Å². The molecule has 1 aromatic carbocycles. The van der Waals surface area contributed by atoms with Crippen molar-refractivity contribution in [3.05, 3.63) is 47.5 Å². The number of carbonyl (C=O) groups is 3. The molecule has 0 bridgehead atoms. The van der Waals surface area contributed by atoms with Crippen LogP contribution in [-0.4, -0.2) is 30.4 Å². The molecule has 1 aromatic rings. The van der Waals surface area contributed by atoms with Gasteiger partial charge in [0, 0.05) is 11.8 Å². The fraction of sp³-hybridized carbons (Fsp3) is 0.621. The quantitative estimate of drug-likeness (QED) is 0.536. The number of fused-ring (bicyclic) bond motifs is 5. The maximum absolute atomic E-state index is 12.8. The molecule has 0 radical (unpaired) electrons. The average Bonchev–Trinajstić information content (AvgIpc) is 3.14. The Morgan fingerprint density at radius 3 is 2.62 bits per heavy atom. The smallest absolute Gasteiger partial charge is 0.344 e. The van der Waals surface area contributed by atoms with Crippen LogP contribution < -0.4 is 0 Å². The first-order chi connectivity index (χ1) is 16.4. The fourth-order valence-electron chi connectivity index (χ4n) is 7.88. The van der Waals surface area contributed by atoms with Crippen LogP contribution in [0.2, 0.25) is 0 Å². The molecular weight excluding hydrogens is 428 g/mol. The summed E-state index contributed by atoms with van der Waals surface area (Å²) < 4.78 is 11.3. The zero-order valence-corrected chi connectivity index (χ0v) is 20.3. The van der Waals surface area contributed by atoms with E-state index in [0.29, 0.717) is 47.4 Å². The molecule has 0 saturated heterocycles. The Bertz CT molecular complexity index is 981. The van der Waals surface area contributed by atoms with E-state index < -0.39 is 11.9 Å². The molecule has 0 spiro atoms. The molecule has 7 atom stereocenters. The van der Waals surface area contributed by atoms with Gasteiger partial charge in [0.25, 0.3) is 0 Å². The number of allylic oxidation sites excluding steroid dienone is 1. The molecule has 0 heterocycles. The van der Waals surface area contributed by atoms with Crippen LogP contribution in [0, 0.1) is 35.0 Å². The Morgan fingerprint density at radius 2 is 1.85 bits per heavy atom. The molecule has 5 heteroatoms. The van der Waals surface area contributed by atoms with Gasteiger partial charge in [0.05, 0.1) is 5.56 Å². The molecular formula is C29H36O5. The minimum atomic E-state index is -0.502. The van der Waals surface area contributed by atoms with Crippen LogP contribution in [0.4, 0.5) is 0 Å². The summed E-state index contributed by atoms with van der Waals surface area (Å²) >= 11 is 0. The van der Waals surface area contributed by atoms with Crippen LogP contribution in [0.25, 0.3) is 0 Å². The first-order valence-corrected chi connectivity index (χ1v) is 13.1. The first kappa shape index (κ1) is 23.3. The van der Waals surface area contributed by atoms with Gasteiger partial charge in [-0.3, -0.25) is 4.79 Å². The molecule has 0 aliphatic heterocycles. The van der Waals surface area contributed by atoms with E-state index in [4.69, 9.17) is 9.47 Å². The van der Waals surface area contributed by atoms with Crippen LogP contribution >= 0.6 is 0 Å². The van der Waals surface area contributed by atoms with Gasteiger partial charge in [-0.05, 0) is 92.7 Å². The van der Waals surface area contributed by atoms with Gasteiger partial charge in [-0.1, -0.05) is 37.6 Å². The summed E-state index contributed by atoms with van der Waals surface area (Å²) in [7, 11) is 0. The number of ketones is 1.